The van der Waals surface area contributed by atoms with E-state index in [-0.39, 0.29) is 29.9 Å². The number of morpholine rings is 1. The van der Waals surface area contributed by atoms with Gasteiger partial charge in [-0.1, -0.05) is 0 Å². The van der Waals surface area contributed by atoms with E-state index in [1.165, 1.54) is 6.42 Å². The fourth-order valence-electron chi connectivity index (χ4n) is 5.33. The van der Waals surface area contributed by atoms with E-state index < -0.39 is 0 Å². The molecule has 4 heterocycles. The Kier molecular flexibility index (Phi) is 8.56. The number of thiocarbonyl (C=S) groups is 1. The molecule has 0 unspecified atom stereocenters. The first-order valence-corrected chi connectivity index (χ1v) is 12.7. The Hall–Kier alpha value is -1.49. The van der Waals surface area contributed by atoms with Crippen molar-refractivity contribution >= 4 is 29.1 Å². The van der Waals surface area contributed by atoms with E-state index in [1.807, 2.05) is 4.90 Å². The molecule has 4 saturated heterocycles. The first kappa shape index (κ1) is 23.7. The first-order chi connectivity index (χ1) is 15.6. The van der Waals surface area contributed by atoms with Crippen LogP contribution in [0.2, 0.25) is 0 Å². The maximum Gasteiger partial charge on any atom is 0.237 e. The Bertz CT molecular complexity index is 668. The standard InChI is InChI=1S/C22H38N6O3S/c29-20(27-7-2-1-3-8-27)5-4-18-15-24-21(30)19-14-17(16-28(18)19)25-22(32)23-6-9-26-10-12-31-13-11-26/h17-19H,1-16H2,(H,24,30)(H2,23,25,32)/t17-,18+,19-/m0/s1. The SMILES string of the molecule is O=C1NC[C@@H](CCC(=O)N2CCCCC2)N2C[C@@H](NC(=S)NCCN3CCOCC3)C[C@@H]12. The maximum atomic E-state index is 12.6. The summed E-state index contributed by atoms with van der Waals surface area (Å²) in [5.74, 6) is 0.358. The van der Waals surface area contributed by atoms with Crippen molar-refractivity contribution < 1.29 is 14.3 Å². The number of fused-ring (bicyclic) bond motifs is 1. The van der Waals surface area contributed by atoms with Crippen LogP contribution in [0, 0.1) is 0 Å². The topological polar surface area (TPSA) is 89.2 Å². The van der Waals surface area contributed by atoms with Crippen molar-refractivity contribution in [2.75, 3.05) is 65.6 Å². The zero-order valence-corrected chi connectivity index (χ0v) is 19.8. The van der Waals surface area contributed by atoms with Gasteiger partial charge in [-0.15, -0.1) is 0 Å². The fourth-order valence-corrected chi connectivity index (χ4v) is 5.60. The Morgan fingerprint density at radius 1 is 1.16 bits per heavy atom. The fraction of sp³-hybridized carbons (Fsp3) is 0.864. The predicted molar refractivity (Wildman–Crippen MR) is 126 cm³/mol. The quantitative estimate of drug-likeness (QED) is 0.434. The lowest BCUT2D eigenvalue weighted by Crippen LogP contribution is -2.58. The molecule has 0 aromatic rings. The van der Waals surface area contributed by atoms with E-state index in [0.29, 0.717) is 18.1 Å². The number of hydrogen-bond acceptors (Lipinski definition) is 6. The third-order valence-corrected chi connectivity index (χ3v) is 7.44. The minimum Gasteiger partial charge on any atom is -0.379 e. The number of carbonyl (C=O) groups excluding carboxylic acids is 2. The number of amides is 2. The summed E-state index contributed by atoms with van der Waals surface area (Å²) in [5.41, 5.74) is 0. The molecule has 9 nitrogen and oxygen atoms in total. The molecule has 0 aromatic heterocycles. The highest BCUT2D eigenvalue weighted by Crippen LogP contribution is 2.26. The third kappa shape index (κ3) is 6.30. The Morgan fingerprint density at radius 2 is 1.94 bits per heavy atom. The van der Waals surface area contributed by atoms with Crippen LogP contribution < -0.4 is 16.0 Å². The number of nitrogens with zero attached hydrogens (tertiary/aromatic N) is 3. The Morgan fingerprint density at radius 3 is 2.72 bits per heavy atom. The van der Waals surface area contributed by atoms with Gasteiger partial charge in [0.25, 0.3) is 0 Å². The predicted octanol–water partition coefficient (Wildman–Crippen LogP) is -0.483. The molecule has 0 spiro atoms. The number of nitrogens with one attached hydrogen (secondary N) is 3. The summed E-state index contributed by atoms with van der Waals surface area (Å²) in [7, 11) is 0. The molecule has 0 radical (unpaired) electrons. The summed E-state index contributed by atoms with van der Waals surface area (Å²) in [6.07, 6.45) is 5.56. The Balaban J connectivity index is 1.20. The van der Waals surface area contributed by atoms with Gasteiger partial charge in [-0.25, -0.2) is 0 Å². The first-order valence-electron chi connectivity index (χ1n) is 12.3. The second-order valence-electron chi connectivity index (χ2n) is 9.38. The van der Waals surface area contributed by atoms with Crippen LogP contribution in [-0.4, -0.2) is 115 Å². The number of hydrogen-bond donors (Lipinski definition) is 3. The van der Waals surface area contributed by atoms with Crippen LogP contribution >= 0.6 is 12.2 Å². The molecule has 10 heteroatoms. The van der Waals surface area contributed by atoms with Gasteiger partial charge >= 0.3 is 0 Å². The van der Waals surface area contributed by atoms with Gasteiger partial charge in [0.2, 0.25) is 11.8 Å². The number of likely N-dealkylation sites (tertiary alicyclic amines) is 1. The molecule has 0 aliphatic carbocycles. The van der Waals surface area contributed by atoms with E-state index in [9.17, 15) is 9.59 Å². The second kappa shape index (κ2) is 11.6. The molecule has 4 aliphatic heterocycles. The molecular weight excluding hydrogens is 428 g/mol. The molecule has 4 rings (SSSR count). The highest BCUT2D eigenvalue weighted by atomic mass is 32.1. The van der Waals surface area contributed by atoms with E-state index in [0.717, 1.165) is 84.7 Å². The van der Waals surface area contributed by atoms with Crippen molar-refractivity contribution in [3.8, 4) is 0 Å². The average Bonchev–Trinajstić information content (AvgIpc) is 3.24. The van der Waals surface area contributed by atoms with E-state index in [4.69, 9.17) is 17.0 Å². The number of rotatable bonds is 7. The molecular formula is C22H38N6O3S. The minimum atomic E-state index is -0.132. The van der Waals surface area contributed by atoms with Crippen LogP contribution in [0.5, 0.6) is 0 Å². The molecule has 3 N–H and O–H groups in total. The van der Waals surface area contributed by atoms with Crippen molar-refractivity contribution in [2.45, 2.75) is 56.7 Å². The number of piperazine rings is 1. The average molecular weight is 467 g/mol. The van der Waals surface area contributed by atoms with Crippen LogP contribution in [0.3, 0.4) is 0 Å². The molecule has 180 valence electrons. The van der Waals surface area contributed by atoms with Gasteiger partial charge in [-0.3, -0.25) is 19.4 Å². The molecule has 4 aliphatic rings. The molecule has 3 atom stereocenters. The number of ether oxygens (including phenoxy) is 1. The second-order valence-corrected chi connectivity index (χ2v) is 9.79. The van der Waals surface area contributed by atoms with Crippen molar-refractivity contribution in [1.29, 1.82) is 0 Å². The lowest BCUT2D eigenvalue weighted by molar-refractivity contribution is -0.133. The van der Waals surface area contributed by atoms with Gasteiger partial charge in [-0.2, -0.15) is 0 Å². The van der Waals surface area contributed by atoms with E-state index >= 15 is 0 Å². The van der Waals surface area contributed by atoms with E-state index in [2.05, 4.69) is 25.8 Å². The molecule has 0 bridgehead atoms. The maximum absolute atomic E-state index is 12.6. The van der Waals surface area contributed by atoms with Gasteiger partial charge in [0, 0.05) is 70.9 Å². The van der Waals surface area contributed by atoms with Gasteiger partial charge in [0.15, 0.2) is 5.11 Å². The van der Waals surface area contributed by atoms with Crippen LogP contribution in [0.25, 0.3) is 0 Å². The summed E-state index contributed by atoms with van der Waals surface area (Å²) >= 11 is 5.50. The summed E-state index contributed by atoms with van der Waals surface area (Å²) in [6, 6.07) is 0.223. The summed E-state index contributed by atoms with van der Waals surface area (Å²) in [4.78, 5) is 31.7. The normalized spacial score (nSPS) is 29.3. The van der Waals surface area contributed by atoms with Crippen molar-refractivity contribution in [3.05, 3.63) is 0 Å². The van der Waals surface area contributed by atoms with Crippen LogP contribution in [0.15, 0.2) is 0 Å². The summed E-state index contributed by atoms with van der Waals surface area (Å²) in [6.45, 7) is 8.49. The monoisotopic (exact) mass is 466 g/mol. The number of piperidine rings is 1. The largest absolute Gasteiger partial charge is 0.379 e. The summed E-state index contributed by atoms with van der Waals surface area (Å²) in [5, 5.41) is 10.4. The molecule has 0 saturated carbocycles. The van der Waals surface area contributed by atoms with Gasteiger partial charge in [0.05, 0.1) is 19.3 Å². The minimum absolute atomic E-state index is 0.0964. The lowest BCUT2D eigenvalue weighted by atomic mass is 10.0. The van der Waals surface area contributed by atoms with Crippen LogP contribution in [0.4, 0.5) is 0 Å². The van der Waals surface area contributed by atoms with E-state index in [1.54, 1.807) is 0 Å². The molecule has 2 amide bonds. The highest BCUT2D eigenvalue weighted by molar-refractivity contribution is 7.80. The summed E-state index contributed by atoms with van der Waals surface area (Å²) < 4.78 is 5.38. The zero-order chi connectivity index (χ0) is 22.3. The highest BCUT2D eigenvalue weighted by Gasteiger charge is 2.43. The van der Waals surface area contributed by atoms with Crippen LogP contribution in [-0.2, 0) is 14.3 Å². The zero-order valence-electron chi connectivity index (χ0n) is 19.0. The molecule has 4 fully saturated rings. The Labute approximate surface area is 196 Å². The van der Waals surface area contributed by atoms with Gasteiger partial charge in [0.1, 0.15) is 0 Å². The van der Waals surface area contributed by atoms with Crippen LogP contribution in [0.1, 0.15) is 38.5 Å². The lowest BCUT2D eigenvalue weighted by Gasteiger charge is -2.37. The molecule has 0 aromatic carbocycles. The van der Waals surface area contributed by atoms with Gasteiger partial charge in [-0.05, 0) is 44.3 Å². The molecule has 32 heavy (non-hydrogen) atoms. The van der Waals surface area contributed by atoms with Crippen molar-refractivity contribution in [2.24, 2.45) is 0 Å². The van der Waals surface area contributed by atoms with Gasteiger partial charge < -0.3 is 25.6 Å². The van der Waals surface area contributed by atoms with Crippen molar-refractivity contribution in [1.82, 2.24) is 30.7 Å². The third-order valence-electron chi connectivity index (χ3n) is 7.18. The van der Waals surface area contributed by atoms with Crippen molar-refractivity contribution in [3.63, 3.8) is 0 Å². The smallest absolute Gasteiger partial charge is 0.237 e. The number of carbonyl (C=O) groups is 2.